The van der Waals surface area contributed by atoms with Gasteiger partial charge in [0.1, 0.15) is 0 Å². The Labute approximate surface area is 89.1 Å². The van der Waals surface area contributed by atoms with Crippen LogP contribution in [-0.4, -0.2) is 11.2 Å². The summed E-state index contributed by atoms with van der Waals surface area (Å²) in [5, 5.41) is -0.269. The molecule has 0 radical (unpaired) electrons. The van der Waals surface area contributed by atoms with Crippen LogP contribution in [0.5, 0.6) is 0 Å². The van der Waals surface area contributed by atoms with Gasteiger partial charge in [0.05, 0.1) is 5.38 Å². The average molecular weight is 209 g/mol. The quantitative estimate of drug-likeness (QED) is 0.648. The molecule has 0 aliphatic heterocycles. The summed E-state index contributed by atoms with van der Waals surface area (Å²) in [7, 11) is 0. The van der Waals surface area contributed by atoms with E-state index in [1.165, 1.54) is 5.56 Å². The third-order valence-electron chi connectivity index (χ3n) is 2.85. The van der Waals surface area contributed by atoms with Gasteiger partial charge in [-0.2, -0.15) is 0 Å². The standard InChI is InChI=1S/C12H13ClO/c13-11-8-10(6-7-12(11)14)9-4-2-1-3-5-9/h1-5,10-11H,6-8H2. The maximum absolute atomic E-state index is 11.2. The molecule has 1 nitrogen and oxygen atoms in total. The molecule has 1 aromatic carbocycles. The van der Waals surface area contributed by atoms with E-state index in [-0.39, 0.29) is 11.2 Å². The van der Waals surface area contributed by atoms with Crippen LogP contribution in [0.3, 0.4) is 0 Å². The van der Waals surface area contributed by atoms with Gasteiger partial charge in [-0.05, 0) is 24.3 Å². The van der Waals surface area contributed by atoms with Gasteiger partial charge in [-0.15, -0.1) is 11.6 Å². The second-order valence-corrected chi connectivity index (χ2v) is 4.34. The van der Waals surface area contributed by atoms with E-state index in [1.54, 1.807) is 0 Å². The van der Waals surface area contributed by atoms with E-state index < -0.39 is 0 Å². The number of ketones is 1. The minimum absolute atomic E-state index is 0.207. The fraction of sp³-hybridized carbons (Fsp3) is 0.417. The average Bonchev–Trinajstić information content (AvgIpc) is 2.23. The first kappa shape index (κ1) is 9.72. The van der Waals surface area contributed by atoms with E-state index in [4.69, 9.17) is 11.6 Å². The molecule has 2 unspecified atom stereocenters. The van der Waals surface area contributed by atoms with E-state index in [1.807, 2.05) is 18.2 Å². The zero-order valence-corrected chi connectivity index (χ0v) is 8.70. The lowest BCUT2D eigenvalue weighted by molar-refractivity contribution is -0.120. The maximum atomic E-state index is 11.2. The Morgan fingerprint density at radius 3 is 2.57 bits per heavy atom. The van der Waals surface area contributed by atoms with Crippen LogP contribution in [0.4, 0.5) is 0 Å². The number of carbonyl (C=O) groups is 1. The molecule has 2 atom stereocenters. The molecule has 0 saturated heterocycles. The number of alkyl halides is 1. The molecule has 0 heterocycles. The number of benzene rings is 1. The van der Waals surface area contributed by atoms with Crippen molar-refractivity contribution >= 4 is 17.4 Å². The highest BCUT2D eigenvalue weighted by Gasteiger charge is 2.27. The van der Waals surface area contributed by atoms with Crippen molar-refractivity contribution < 1.29 is 4.79 Å². The van der Waals surface area contributed by atoms with Gasteiger partial charge in [-0.3, -0.25) is 4.79 Å². The molecular weight excluding hydrogens is 196 g/mol. The SMILES string of the molecule is O=C1CCC(c2ccccc2)CC1Cl. The van der Waals surface area contributed by atoms with Crippen molar-refractivity contribution in [2.24, 2.45) is 0 Å². The summed E-state index contributed by atoms with van der Waals surface area (Å²) in [4.78, 5) is 11.2. The van der Waals surface area contributed by atoms with Gasteiger partial charge in [0.25, 0.3) is 0 Å². The molecule has 0 aromatic heterocycles. The molecular formula is C12H13ClO. The van der Waals surface area contributed by atoms with Gasteiger partial charge >= 0.3 is 0 Å². The van der Waals surface area contributed by atoms with Gasteiger partial charge < -0.3 is 0 Å². The van der Waals surface area contributed by atoms with Crippen LogP contribution in [0.25, 0.3) is 0 Å². The van der Waals surface area contributed by atoms with Crippen molar-refractivity contribution in [1.82, 2.24) is 0 Å². The van der Waals surface area contributed by atoms with Crippen molar-refractivity contribution in [2.75, 3.05) is 0 Å². The van der Waals surface area contributed by atoms with E-state index >= 15 is 0 Å². The Kier molecular flexibility index (Phi) is 2.87. The molecule has 2 heteroatoms. The number of Topliss-reactive ketones (excluding diaryl/α,β-unsaturated/α-hetero) is 1. The lowest BCUT2D eigenvalue weighted by Gasteiger charge is -2.24. The summed E-state index contributed by atoms with van der Waals surface area (Å²) >= 11 is 5.96. The summed E-state index contributed by atoms with van der Waals surface area (Å²) in [5.41, 5.74) is 1.31. The van der Waals surface area contributed by atoms with Crippen LogP contribution in [0, 0.1) is 0 Å². The van der Waals surface area contributed by atoms with Crippen molar-refractivity contribution in [3.8, 4) is 0 Å². The third kappa shape index (κ3) is 1.98. The fourth-order valence-electron chi connectivity index (χ4n) is 2.00. The van der Waals surface area contributed by atoms with Crippen molar-refractivity contribution in [2.45, 2.75) is 30.6 Å². The van der Waals surface area contributed by atoms with Crippen molar-refractivity contribution in [3.63, 3.8) is 0 Å². The highest BCUT2D eigenvalue weighted by atomic mass is 35.5. The Hall–Kier alpha value is -0.820. The number of carbonyl (C=O) groups excluding carboxylic acids is 1. The van der Waals surface area contributed by atoms with E-state index in [9.17, 15) is 4.79 Å². The zero-order valence-electron chi connectivity index (χ0n) is 7.95. The summed E-state index contributed by atoms with van der Waals surface area (Å²) < 4.78 is 0. The second-order valence-electron chi connectivity index (χ2n) is 3.82. The van der Waals surface area contributed by atoms with Crippen LogP contribution in [0.1, 0.15) is 30.7 Å². The summed E-state index contributed by atoms with van der Waals surface area (Å²) in [6, 6.07) is 10.3. The van der Waals surface area contributed by atoms with Crippen molar-refractivity contribution in [1.29, 1.82) is 0 Å². The molecule has 1 aliphatic rings. The predicted molar refractivity (Wildman–Crippen MR) is 57.7 cm³/mol. The molecule has 1 aliphatic carbocycles. The van der Waals surface area contributed by atoms with Gasteiger partial charge in [0.2, 0.25) is 0 Å². The lowest BCUT2D eigenvalue weighted by Crippen LogP contribution is -2.24. The van der Waals surface area contributed by atoms with Crippen molar-refractivity contribution in [3.05, 3.63) is 35.9 Å². The summed E-state index contributed by atoms with van der Waals surface area (Å²) in [6.07, 6.45) is 2.38. The summed E-state index contributed by atoms with van der Waals surface area (Å²) in [6.45, 7) is 0. The van der Waals surface area contributed by atoms with E-state index in [0.717, 1.165) is 12.8 Å². The normalized spacial score (nSPS) is 27.6. The Bertz CT molecular complexity index is 320. The predicted octanol–water partition coefficient (Wildman–Crippen LogP) is 3.13. The smallest absolute Gasteiger partial charge is 0.150 e. The molecule has 14 heavy (non-hydrogen) atoms. The highest BCUT2D eigenvalue weighted by molar-refractivity contribution is 6.31. The molecule has 1 fully saturated rings. The molecule has 1 aromatic rings. The first-order chi connectivity index (χ1) is 6.77. The first-order valence-corrected chi connectivity index (χ1v) is 5.43. The summed E-state index contributed by atoms with van der Waals surface area (Å²) in [5.74, 6) is 0.676. The molecule has 0 bridgehead atoms. The van der Waals surface area contributed by atoms with Gasteiger partial charge in [0, 0.05) is 6.42 Å². The minimum Gasteiger partial charge on any atom is -0.298 e. The Balaban J connectivity index is 2.11. The third-order valence-corrected chi connectivity index (χ3v) is 3.27. The van der Waals surface area contributed by atoms with Crippen LogP contribution in [-0.2, 0) is 4.79 Å². The maximum Gasteiger partial charge on any atom is 0.150 e. The first-order valence-electron chi connectivity index (χ1n) is 4.99. The number of halogens is 1. The van der Waals surface area contributed by atoms with Crippen LogP contribution in [0.15, 0.2) is 30.3 Å². The Morgan fingerprint density at radius 1 is 1.21 bits per heavy atom. The van der Waals surface area contributed by atoms with Gasteiger partial charge in [-0.25, -0.2) is 0 Å². The molecule has 2 rings (SSSR count). The second kappa shape index (κ2) is 4.14. The largest absolute Gasteiger partial charge is 0.298 e. The van der Waals surface area contributed by atoms with Gasteiger partial charge in [0.15, 0.2) is 5.78 Å². The number of hydrogen-bond acceptors (Lipinski definition) is 1. The van der Waals surface area contributed by atoms with E-state index in [0.29, 0.717) is 12.3 Å². The molecule has 0 spiro atoms. The zero-order chi connectivity index (χ0) is 9.97. The Morgan fingerprint density at radius 2 is 1.93 bits per heavy atom. The van der Waals surface area contributed by atoms with Crippen LogP contribution >= 0.6 is 11.6 Å². The molecule has 74 valence electrons. The van der Waals surface area contributed by atoms with E-state index in [2.05, 4.69) is 12.1 Å². The van der Waals surface area contributed by atoms with Crippen LogP contribution in [0.2, 0.25) is 0 Å². The minimum atomic E-state index is -0.269. The molecule has 1 saturated carbocycles. The topological polar surface area (TPSA) is 17.1 Å². The lowest BCUT2D eigenvalue weighted by atomic mass is 9.83. The fourth-order valence-corrected chi connectivity index (χ4v) is 2.32. The molecule has 0 amide bonds. The number of rotatable bonds is 1. The highest BCUT2D eigenvalue weighted by Crippen LogP contribution is 2.33. The van der Waals surface area contributed by atoms with Gasteiger partial charge in [-0.1, -0.05) is 30.3 Å². The molecule has 0 N–H and O–H groups in total. The monoisotopic (exact) mass is 208 g/mol. The number of hydrogen-bond donors (Lipinski definition) is 0. The van der Waals surface area contributed by atoms with Crippen LogP contribution < -0.4 is 0 Å².